The first kappa shape index (κ1) is 15.2. The van der Waals surface area contributed by atoms with Gasteiger partial charge in [0.05, 0.1) is 11.1 Å². The van der Waals surface area contributed by atoms with E-state index in [1.165, 1.54) is 0 Å². The number of rotatable bonds is 2. The van der Waals surface area contributed by atoms with Gasteiger partial charge in [-0.1, -0.05) is 29.3 Å². The number of pyridine rings is 1. The van der Waals surface area contributed by atoms with Crippen LogP contribution in [0, 0.1) is 6.92 Å². The number of aryl methyl sites for hydroxylation is 2. The molecule has 120 valence electrons. The highest BCUT2D eigenvalue weighted by Crippen LogP contribution is 2.32. The van der Waals surface area contributed by atoms with Gasteiger partial charge in [-0.25, -0.2) is 0 Å². The van der Waals surface area contributed by atoms with E-state index in [1.54, 1.807) is 0 Å². The van der Waals surface area contributed by atoms with Crippen molar-refractivity contribution in [3.8, 4) is 0 Å². The summed E-state index contributed by atoms with van der Waals surface area (Å²) in [6, 6.07) is 13.4. The minimum atomic E-state index is -0.0910. The highest BCUT2D eigenvalue weighted by molar-refractivity contribution is 6.31. The SMILES string of the molecule is Cc1ccc(NC(=O)c2c3c(nc4ccc(Cl)cc24)CCC3)cc1. The Balaban J connectivity index is 1.83. The van der Waals surface area contributed by atoms with Crippen LogP contribution >= 0.6 is 11.6 Å². The molecule has 0 saturated carbocycles. The van der Waals surface area contributed by atoms with Crippen LogP contribution in [0.25, 0.3) is 10.9 Å². The second-order valence-corrected chi connectivity index (χ2v) is 6.68. The third-order valence-electron chi connectivity index (χ3n) is 4.51. The highest BCUT2D eigenvalue weighted by atomic mass is 35.5. The van der Waals surface area contributed by atoms with E-state index in [2.05, 4.69) is 5.32 Å². The molecule has 1 aliphatic rings. The van der Waals surface area contributed by atoms with Crippen molar-refractivity contribution in [2.75, 3.05) is 5.32 Å². The van der Waals surface area contributed by atoms with E-state index in [9.17, 15) is 4.79 Å². The molecule has 1 N–H and O–H groups in total. The fourth-order valence-electron chi connectivity index (χ4n) is 3.32. The summed E-state index contributed by atoms with van der Waals surface area (Å²) in [5, 5.41) is 4.46. The normalized spacial score (nSPS) is 13.1. The molecular formula is C20H17ClN2O. The zero-order valence-corrected chi connectivity index (χ0v) is 14.2. The molecule has 0 radical (unpaired) electrons. The standard InChI is InChI=1S/C20H17ClN2O/c1-12-5-8-14(9-6-12)22-20(24)19-15-3-2-4-17(15)23-18-10-7-13(21)11-16(18)19/h5-11H,2-4H2,1H3,(H,22,24). The summed E-state index contributed by atoms with van der Waals surface area (Å²) < 4.78 is 0. The van der Waals surface area contributed by atoms with Crippen molar-refractivity contribution in [1.29, 1.82) is 0 Å². The lowest BCUT2D eigenvalue weighted by molar-refractivity contribution is 0.102. The van der Waals surface area contributed by atoms with Crippen LogP contribution in [0.15, 0.2) is 42.5 Å². The number of anilines is 1. The number of nitrogens with one attached hydrogen (secondary N) is 1. The number of carbonyl (C=O) groups excluding carboxylic acids is 1. The first-order valence-corrected chi connectivity index (χ1v) is 8.48. The molecule has 1 amide bonds. The Morgan fingerprint density at radius 3 is 2.71 bits per heavy atom. The molecule has 0 fully saturated rings. The molecular weight excluding hydrogens is 320 g/mol. The number of carbonyl (C=O) groups is 1. The number of hydrogen-bond donors (Lipinski definition) is 1. The maximum atomic E-state index is 13.0. The fraction of sp³-hybridized carbons (Fsp3) is 0.200. The highest BCUT2D eigenvalue weighted by Gasteiger charge is 2.24. The average molecular weight is 337 g/mol. The Hall–Kier alpha value is -2.39. The first-order valence-electron chi connectivity index (χ1n) is 8.11. The first-order chi connectivity index (χ1) is 11.6. The summed E-state index contributed by atoms with van der Waals surface area (Å²) in [5.74, 6) is -0.0910. The lowest BCUT2D eigenvalue weighted by Crippen LogP contribution is -2.15. The van der Waals surface area contributed by atoms with E-state index in [0.717, 1.165) is 58.2 Å². The molecule has 3 nitrogen and oxygen atoms in total. The summed E-state index contributed by atoms with van der Waals surface area (Å²) in [4.78, 5) is 17.7. The lowest BCUT2D eigenvalue weighted by atomic mass is 10.0. The van der Waals surface area contributed by atoms with Crippen molar-refractivity contribution in [3.63, 3.8) is 0 Å². The smallest absolute Gasteiger partial charge is 0.256 e. The van der Waals surface area contributed by atoms with Gasteiger partial charge in [-0.15, -0.1) is 0 Å². The summed E-state index contributed by atoms with van der Waals surface area (Å²) in [7, 11) is 0. The van der Waals surface area contributed by atoms with Crippen LogP contribution in [-0.2, 0) is 12.8 Å². The Kier molecular flexibility index (Phi) is 3.73. The van der Waals surface area contributed by atoms with Gasteiger partial charge in [0.2, 0.25) is 0 Å². The predicted molar refractivity (Wildman–Crippen MR) is 97.9 cm³/mol. The number of halogens is 1. The lowest BCUT2D eigenvalue weighted by Gasteiger charge is -2.13. The molecule has 1 aliphatic carbocycles. The second-order valence-electron chi connectivity index (χ2n) is 6.25. The maximum Gasteiger partial charge on any atom is 0.256 e. The van der Waals surface area contributed by atoms with Gasteiger partial charge in [0, 0.05) is 21.8 Å². The van der Waals surface area contributed by atoms with Gasteiger partial charge < -0.3 is 5.32 Å². The molecule has 4 rings (SSSR count). The molecule has 0 aliphatic heterocycles. The minimum absolute atomic E-state index is 0.0910. The van der Waals surface area contributed by atoms with Gasteiger partial charge in [-0.05, 0) is 62.1 Å². The van der Waals surface area contributed by atoms with Crippen LogP contribution in [0.3, 0.4) is 0 Å². The summed E-state index contributed by atoms with van der Waals surface area (Å²) in [5.41, 5.74) is 5.61. The van der Waals surface area contributed by atoms with Crippen LogP contribution in [-0.4, -0.2) is 10.9 Å². The number of hydrogen-bond acceptors (Lipinski definition) is 2. The fourth-order valence-corrected chi connectivity index (χ4v) is 3.50. The van der Waals surface area contributed by atoms with Gasteiger partial charge >= 0.3 is 0 Å². The van der Waals surface area contributed by atoms with E-state index in [0.29, 0.717) is 5.02 Å². The Morgan fingerprint density at radius 2 is 1.92 bits per heavy atom. The number of benzene rings is 2. The summed E-state index contributed by atoms with van der Waals surface area (Å²) in [6.45, 7) is 2.02. The number of aromatic nitrogens is 1. The van der Waals surface area contributed by atoms with Gasteiger partial charge in [-0.3, -0.25) is 9.78 Å². The van der Waals surface area contributed by atoms with Crippen molar-refractivity contribution < 1.29 is 4.79 Å². The molecule has 4 heteroatoms. The maximum absolute atomic E-state index is 13.0. The van der Waals surface area contributed by atoms with Gasteiger partial charge in [0.1, 0.15) is 0 Å². The quantitative estimate of drug-likeness (QED) is 0.720. The Morgan fingerprint density at radius 1 is 1.12 bits per heavy atom. The number of nitrogens with zero attached hydrogens (tertiary/aromatic N) is 1. The molecule has 0 unspecified atom stereocenters. The molecule has 0 atom stereocenters. The van der Waals surface area contributed by atoms with Crippen LogP contribution in [0.4, 0.5) is 5.69 Å². The van der Waals surface area contributed by atoms with Crippen molar-refractivity contribution in [2.24, 2.45) is 0 Å². The molecule has 0 spiro atoms. The molecule has 0 saturated heterocycles. The van der Waals surface area contributed by atoms with Crippen molar-refractivity contribution in [2.45, 2.75) is 26.2 Å². The van der Waals surface area contributed by atoms with Crippen LogP contribution in [0.5, 0.6) is 0 Å². The van der Waals surface area contributed by atoms with E-state index >= 15 is 0 Å². The molecule has 2 aromatic carbocycles. The van der Waals surface area contributed by atoms with Crippen LogP contribution in [0.2, 0.25) is 5.02 Å². The van der Waals surface area contributed by atoms with E-state index in [-0.39, 0.29) is 5.91 Å². The van der Waals surface area contributed by atoms with Crippen molar-refractivity contribution in [3.05, 3.63) is 69.9 Å². The van der Waals surface area contributed by atoms with Gasteiger partial charge in [-0.2, -0.15) is 0 Å². The van der Waals surface area contributed by atoms with E-state index < -0.39 is 0 Å². The average Bonchev–Trinajstić information content (AvgIpc) is 3.02. The second kappa shape index (κ2) is 5.91. The molecule has 24 heavy (non-hydrogen) atoms. The molecule has 3 aromatic rings. The van der Waals surface area contributed by atoms with Gasteiger partial charge in [0.15, 0.2) is 0 Å². The predicted octanol–water partition coefficient (Wildman–Crippen LogP) is 4.94. The zero-order chi connectivity index (χ0) is 16.7. The zero-order valence-electron chi connectivity index (χ0n) is 13.4. The largest absolute Gasteiger partial charge is 0.322 e. The summed E-state index contributed by atoms with van der Waals surface area (Å²) in [6.07, 6.45) is 2.86. The Labute approximate surface area is 145 Å². The van der Waals surface area contributed by atoms with Crippen molar-refractivity contribution >= 4 is 34.1 Å². The topological polar surface area (TPSA) is 42.0 Å². The van der Waals surface area contributed by atoms with Crippen molar-refractivity contribution in [1.82, 2.24) is 4.98 Å². The molecule has 1 heterocycles. The van der Waals surface area contributed by atoms with Gasteiger partial charge in [0.25, 0.3) is 5.91 Å². The summed E-state index contributed by atoms with van der Waals surface area (Å²) >= 11 is 6.16. The number of fused-ring (bicyclic) bond motifs is 2. The van der Waals surface area contributed by atoms with Crippen LogP contribution < -0.4 is 5.32 Å². The Bertz CT molecular complexity index is 948. The monoisotopic (exact) mass is 336 g/mol. The van der Waals surface area contributed by atoms with E-state index in [1.807, 2.05) is 49.4 Å². The minimum Gasteiger partial charge on any atom is -0.322 e. The number of amides is 1. The third-order valence-corrected chi connectivity index (χ3v) is 4.75. The van der Waals surface area contributed by atoms with Crippen LogP contribution in [0.1, 0.15) is 33.6 Å². The molecule has 0 bridgehead atoms. The molecule has 1 aromatic heterocycles. The van der Waals surface area contributed by atoms with E-state index in [4.69, 9.17) is 16.6 Å². The third kappa shape index (κ3) is 2.65.